The number of carbonyl (C=O) groups is 1. The third-order valence-corrected chi connectivity index (χ3v) is 6.27. The normalized spacial score (nSPS) is 19.2. The molecule has 0 aliphatic heterocycles. The fourth-order valence-electron chi connectivity index (χ4n) is 4.44. The van der Waals surface area contributed by atoms with Crippen molar-refractivity contribution in [2.75, 3.05) is 11.9 Å². The van der Waals surface area contributed by atoms with E-state index in [2.05, 4.69) is 49.1 Å². The molecule has 1 saturated carbocycles. The molecule has 1 unspecified atom stereocenters. The van der Waals surface area contributed by atoms with Crippen LogP contribution < -0.4 is 10.6 Å². The van der Waals surface area contributed by atoms with Gasteiger partial charge in [-0.15, -0.1) is 0 Å². The number of alkyl carbamates (subject to hydrolysis) is 1. The highest BCUT2D eigenvalue weighted by atomic mass is 16.6. The van der Waals surface area contributed by atoms with Crippen LogP contribution in [-0.2, 0) is 21.6 Å². The Bertz CT molecular complexity index is 1010. The summed E-state index contributed by atoms with van der Waals surface area (Å²) >= 11 is 0. The van der Waals surface area contributed by atoms with E-state index in [1.165, 1.54) is 25.0 Å². The highest BCUT2D eigenvalue weighted by Crippen LogP contribution is 2.39. The van der Waals surface area contributed by atoms with Crippen LogP contribution in [0.15, 0.2) is 24.3 Å². The number of anilines is 2. The van der Waals surface area contributed by atoms with Crippen LogP contribution in [0.3, 0.4) is 0 Å². The van der Waals surface area contributed by atoms with Crippen molar-refractivity contribution in [1.82, 2.24) is 20.1 Å². The van der Waals surface area contributed by atoms with Gasteiger partial charge in [-0.05, 0) is 85.8 Å². The van der Waals surface area contributed by atoms with Gasteiger partial charge in [0.2, 0.25) is 0 Å². The van der Waals surface area contributed by atoms with Crippen LogP contribution in [0.4, 0.5) is 16.4 Å². The Morgan fingerprint density at radius 1 is 1.19 bits per heavy atom. The van der Waals surface area contributed by atoms with Crippen LogP contribution in [0.5, 0.6) is 0 Å². The lowest BCUT2D eigenvalue weighted by Crippen LogP contribution is -2.34. The van der Waals surface area contributed by atoms with Crippen LogP contribution in [-0.4, -0.2) is 39.1 Å². The monoisotopic (exact) mass is 499 g/mol. The number of nitrogens with zero attached hydrogens (tertiary/aromatic N) is 3. The zero-order valence-electron chi connectivity index (χ0n) is 23.4. The molecule has 36 heavy (non-hydrogen) atoms. The first-order valence-corrected chi connectivity index (χ1v) is 13.2. The van der Waals surface area contributed by atoms with Gasteiger partial charge in [0.05, 0.1) is 29.6 Å². The molecule has 3 rings (SSSR count). The number of hydrogen-bond acceptors (Lipinski definition) is 6. The quantitative estimate of drug-likeness (QED) is 0.409. The Labute approximate surface area is 216 Å². The topological polar surface area (TPSA) is 90.3 Å². The zero-order chi connectivity index (χ0) is 26.5. The summed E-state index contributed by atoms with van der Waals surface area (Å²) < 4.78 is 13.3. The molecule has 0 spiro atoms. The van der Waals surface area contributed by atoms with Gasteiger partial charge >= 0.3 is 6.09 Å². The molecule has 1 amide bonds. The SMILES string of the molecule is CC(CCNC(=O)OC(C)(C)C)OCc1cccc(Nc2cc([C@H]3CC[C@@H](C)C3)nn2C(C)(C)C)n1. The van der Waals surface area contributed by atoms with Crippen LogP contribution >= 0.6 is 0 Å². The molecule has 2 N–H and O–H groups in total. The smallest absolute Gasteiger partial charge is 0.407 e. The Morgan fingerprint density at radius 3 is 2.58 bits per heavy atom. The molecule has 1 fully saturated rings. The van der Waals surface area contributed by atoms with Gasteiger partial charge in [-0.1, -0.05) is 19.4 Å². The number of nitrogens with one attached hydrogen (secondary N) is 2. The van der Waals surface area contributed by atoms with Gasteiger partial charge in [0.15, 0.2) is 0 Å². The van der Waals surface area contributed by atoms with E-state index in [9.17, 15) is 4.79 Å². The van der Waals surface area contributed by atoms with Gasteiger partial charge in [0.1, 0.15) is 17.2 Å². The number of carbonyl (C=O) groups excluding carboxylic acids is 1. The van der Waals surface area contributed by atoms with E-state index in [0.717, 1.165) is 23.2 Å². The zero-order valence-corrected chi connectivity index (χ0v) is 23.4. The number of rotatable bonds is 9. The molecule has 1 aliphatic carbocycles. The summed E-state index contributed by atoms with van der Waals surface area (Å²) in [6, 6.07) is 8.11. The van der Waals surface area contributed by atoms with E-state index in [0.29, 0.717) is 25.5 Å². The van der Waals surface area contributed by atoms with Crippen LogP contribution in [0.1, 0.15) is 98.4 Å². The van der Waals surface area contributed by atoms with Crippen LogP contribution in [0.25, 0.3) is 0 Å². The third kappa shape index (κ3) is 8.50. The van der Waals surface area contributed by atoms with Gasteiger partial charge in [-0.2, -0.15) is 5.10 Å². The lowest BCUT2D eigenvalue weighted by Gasteiger charge is -2.23. The summed E-state index contributed by atoms with van der Waals surface area (Å²) in [6.45, 7) is 17.3. The van der Waals surface area contributed by atoms with E-state index in [-0.39, 0.29) is 11.6 Å². The van der Waals surface area contributed by atoms with Crippen molar-refractivity contribution in [3.05, 3.63) is 35.7 Å². The number of hydrogen-bond donors (Lipinski definition) is 2. The molecule has 8 nitrogen and oxygen atoms in total. The van der Waals surface area contributed by atoms with Crippen molar-refractivity contribution >= 4 is 17.7 Å². The maximum absolute atomic E-state index is 11.8. The van der Waals surface area contributed by atoms with Gasteiger partial charge in [-0.25, -0.2) is 14.5 Å². The maximum atomic E-state index is 11.8. The minimum atomic E-state index is -0.502. The van der Waals surface area contributed by atoms with Crippen LogP contribution in [0, 0.1) is 5.92 Å². The highest BCUT2D eigenvalue weighted by Gasteiger charge is 2.28. The molecule has 200 valence electrons. The number of aromatic nitrogens is 3. The van der Waals surface area contributed by atoms with Crippen molar-refractivity contribution < 1.29 is 14.3 Å². The molecule has 8 heteroatoms. The summed E-state index contributed by atoms with van der Waals surface area (Å²) in [5, 5.41) is 11.3. The number of amides is 1. The minimum Gasteiger partial charge on any atom is -0.444 e. The lowest BCUT2D eigenvalue weighted by atomic mass is 10.0. The molecule has 2 heterocycles. The fourth-order valence-corrected chi connectivity index (χ4v) is 4.44. The molecule has 0 saturated heterocycles. The van der Waals surface area contributed by atoms with E-state index in [1.54, 1.807) is 0 Å². The van der Waals surface area contributed by atoms with Gasteiger partial charge < -0.3 is 20.1 Å². The molecule has 0 bridgehead atoms. The molecular weight excluding hydrogens is 454 g/mol. The second-order valence-electron chi connectivity index (χ2n) is 12.1. The van der Waals surface area contributed by atoms with Gasteiger partial charge in [-0.3, -0.25) is 0 Å². The number of pyridine rings is 1. The third-order valence-electron chi connectivity index (χ3n) is 6.27. The van der Waals surface area contributed by atoms with Crippen molar-refractivity contribution in [3.63, 3.8) is 0 Å². The Morgan fingerprint density at radius 2 is 1.94 bits per heavy atom. The van der Waals surface area contributed by atoms with Crippen LogP contribution in [0.2, 0.25) is 0 Å². The molecular formula is C28H45N5O3. The fraction of sp³-hybridized carbons (Fsp3) is 0.679. The summed E-state index contributed by atoms with van der Waals surface area (Å²) in [4.78, 5) is 16.5. The average molecular weight is 500 g/mol. The molecule has 0 aromatic carbocycles. The predicted octanol–water partition coefficient (Wildman–Crippen LogP) is 6.50. The first-order valence-electron chi connectivity index (χ1n) is 13.2. The molecule has 1 aliphatic rings. The predicted molar refractivity (Wildman–Crippen MR) is 144 cm³/mol. The van der Waals surface area contributed by atoms with E-state index in [1.807, 2.05) is 45.9 Å². The van der Waals surface area contributed by atoms with Crippen molar-refractivity contribution in [2.24, 2.45) is 5.92 Å². The Kier molecular flexibility index (Phi) is 9.03. The molecule has 2 aromatic rings. The van der Waals surface area contributed by atoms with Crippen molar-refractivity contribution in [3.8, 4) is 0 Å². The Hall–Kier alpha value is -2.61. The molecule has 2 aromatic heterocycles. The summed E-state index contributed by atoms with van der Waals surface area (Å²) in [5.74, 6) is 3.03. The largest absolute Gasteiger partial charge is 0.444 e. The highest BCUT2D eigenvalue weighted by molar-refractivity contribution is 5.67. The summed E-state index contributed by atoms with van der Waals surface area (Å²) in [6.07, 6.45) is 3.93. The van der Waals surface area contributed by atoms with Gasteiger partial charge in [0, 0.05) is 18.5 Å². The Balaban J connectivity index is 1.56. The standard InChI is InChI=1S/C28H45N5O3/c1-19-12-13-21(16-19)23-17-25(33(32-23)27(3,4)5)31-24-11-9-10-22(30-24)18-35-20(2)14-15-29-26(34)36-28(6,7)8/h9-11,17,19-21H,12-16,18H2,1-8H3,(H,29,34)(H,30,31)/t19-,20?,21+/m1/s1. The molecule has 0 radical (unpaired) electrons. The van der Waals surface area contributed by atoms with E-state index >= 15 is 0 Å². The second-order valence-corrected chi connectivity index (χ2v) is 12.1. The van der Waals surface area contributed by atoms with Crippen molar-refractivity contribution in [2.45, 2.75) is 111 Å². The maximum Gasteiger partial charge on any atom is 0.407 e. The molecule has 3 atom stereocenters. The lowest BCUT2D eigenvalue weighted by molar-refractivity contribution is 0.0398. The van der Waals surface area contributed by atoms with Gasteiger partial charge in [0.25, 0.3) is 0 Å². The minimum absolute atomic E-state index is 0.0305. The first-order chi connectivity index (χ1) is 16.8. The second kappa shape index (κ2) is 11.6. The van der Waals surface area contributed by atoms with E-state index < -0.39 is 11.7 Å². The first kappa shape index (κ1) is 28.0. The summed E-state index contributed by atoms with van der Waals surface area (Å²) in [7, 11) is 0. The number of ether oxygens (including phenoxy) is 2. The summed E-state index contributed by atoms with van der Waals surface area (Å²) in [5.41, 5.74) is 1.37. The average Bonchev–Trinajstić information content (AvgIpc) is 3.37. The van der Waals surface area contributed by atoms with E-state index in [4.69, 9.17) is 19.6 Å². The van der Waals surface area contributed by atoms with Crippen molar-refractivity contribution in [1.29, 1.82) is 0 Å².